The van der Waals surface area contributed by atoms with E-state index in [1.54, 1.807) is 0 Å². The van der Waals surface area contributed by atoms with Crippen LogP contribution in [0.3, 0.4) is 0 Å². The maximum Gasteiger partial charge on any atom is 0.329 e. The summed E-state index contributed by atoms with van der Waals surface area (Å²) >= 11 is 0. The average Bonchev–Trinajstić information content (AvgIpc) is 3.21. The predicted molar refractivity (Wildman–Crippen MR) is 95.8 cm³/mol. The minimum absolute atomic E-state index is 0.0198. The Kier molecular flexibility index (Phi) is 5.61. The van der Waals surface area contributed by atoms with Crippen LogP contribution in [0.5, 0.6) is 0 Å². The van der Waals surface area contributed by atoms with Gasteiger partial charge in [-0.1, -0.05) is 44.2 Å². The van der Waals surface area contributed by atoms with E-state index >= 15 is 0 Å². The minimum atomic E-state index is -0.616. The lowest BCUT2D eigenvalue weighted by Crippen LogP contribution is -2.50. The molecule has 0 saturated heterocycles. The van der Waals surface area contributed by atoms with Crippen LogP contribution >= 0.6 is 0 Å². The van der Waals surface area contributed by atoms with Gasteiger partial charge >= 0.3 is 12.0 Å². The van der Waals surface area contributed by atoms with Crippen molar-refractivity contribution in [3.63, 3.8) is 0 Å². The van der Waals surface area contributed by atoms with Crippen molar-refractivity contribution in [2.45, 2.75) is 58.2 Å². The van der Waals surface area contributed by atoms with Crippen molar-refractivity contribution in [3.05, 3.63) is 35.9 Å². The Labute approximate surface area is 149 Å². The number of ether oxygens (including phenoxy) is 1. The SMILES string of the molecule is CC(C)[C@@H](NC(=O)NCc1ccccc1)C(=O)O[C@@H]1C[C@H]2CC[C@H]1C2. The molecular formula is C20H28N2O3. The van der Waals surface area contributed by atoms with Crippen LogP contribution in [0.1, 0.15) is 45.1 Å². The second-order valence-electron chi connectivity index (χ2n) is 7.68. The van der Waals surface area contributed by atoms with Crippen molar-refractivity contribution in [1.82, 2.24) is 10.6 Å². The summed E-state index contributed by atoms with van der Waals surface area (Å²) in [7, 11) is 0. The second kappa shape index (κ2) is 7.89. The maximum absolute atomic E-state index is 12.6. The molecule has 0 unspecified atom stereocenters. The molecule has 2 amide bonds. The summed E-state index contributed by atoms with van der Waals surface area (Å²) in [5, 5.41) is 5.58. The molecule has 1 aromatic rings. The first-order valence-corrected chi connectivity index (χ1v) is 9.31. The molecule has 0 heterocycles. The van der Waals surface area contributed by atoms with E-state index in [0.717, 1.165) is 17.9 Å². The van der Waals surface area contributed by atoms with Gasteiger partial charge in [0.2, 0.25) is 0 Å². The third-order valence-corrected chi connectivity index (χ3v) is 5.44. The lowest BCUT2D eigenvalue weighted by molar-refractivity contribution is -0.155. The number of esters is 1. The first-order chi connectivity index (χ1) is 12.0. The van der Waals surface area contributed by atoms with Crippen LogP contribution in [0.2, 0.25) is 0 Å². The van der Waals surface area contributed by atoms with Crippen molar-refractivity contribution in [2.75, 3.05) is 0 Å². The van der Waals surface area contributed by atoms with Gasteiger partial charge in [-0.05, 0) is 49.0 Å². The molecule has 2 aliphatic carbocycles. The maximum atomic E-state index is 12.6. The van der Waals surface area contributed by atoms with Gasteiger partial charge < -0.3 is 15.4 Å². The fraction of sp³-hybridized carbons (Fsp3) is 0.600. The molecule has 0 aliphatic heterocycles. The largest absolute Gasteiger partial charge is 0.461 e. The van der Waals surface area contributed by atoms with Crippen molar-refractivity contribution in [3.8, 4) is 0 Å². The molecule has 1 aromatic carbocycles. The molecule has 2 saturated carbocycles. The number of fused-ring (bicyclic) bond motifs is 2. The van der Waals surface area contributed by atoms with Gasteiger partial charge in [0.05, 0.1) is 0 Å². The molecule has 0 aromatic heterocycles. The molecule has 136 valence electrons. The summed E-state index contributed by atoms with van der Waals surface area (Å²) in [5.74, 6) is 0.923. The van der Waals surface area contributed by atoms with Crippen LogP contribution in [0.25, 0.3) is 0 Å². The van der Waals surface area contributed by atoms with Crippen molar-refractivity contribution in [2.24, 2.45) is 17.8 Å². The van der Waals surface area contributed by atoms with Crippen LogP contribution in [-0.2, 0) is 16.1 Å². The first-order valence-electron chi connectivity index (χ1n) is 9.31. The molecule has 4 atom stereocenters. The molecule has 0 spiro atoms. The van der Waals surface area contributed by atoms with Crippen LogP contribution in [-0.4, -0.2) is 24.1 Å². The van der Waals surface area contributed by atoms with Crippen molar-refractivity contribution in [1.29, 1.82) is 0 Å². The van der Waals surface area contributed by atoms with Gasteiger partial charge in [0, 0.05) is 6.54 Å². The summed E-state index contributed by atoms with van der Waals surface area (Å²) in [5.41, 5.74) is 1.02. The van der Waals surface area contributed by atoms with Crippen LogP contribution in [0.15, 0.2) is 30.3 Å². The second-order valence-corrected chi connectivity index (χ2v) is 7.68. The Bertz CT molecular complexity index is 602. The smallest absolute Gasteiger partial charge is 0.329 e. The minimum Gasteiger partial charge on any atom is -0.461 e. The van der Waals surface area contributed by atoms with Gasteiger partial charge in [0.25, 0.3) is 0 Å². The molecule has 3 rings (SSSR count). The lowest BCUT2D eigenvalue weighted by atomic mass is 9.97. The Hall–Kier alpha value is -2.04. The van der Waals surface area contributed by atoms with Gasteiger partial charge in [-0.3, -0.25) is 0 Å². The molecule has 5 nitrogen and oxygen atoms in total. The van der Waals surface area contributed by atoms with E-state index in [4.69, 9.17) is 4.74 Å². The highest BCUT2D eigenvalue weighted by molar-refractivity contribution is 5.83. The zero-order valence-electron chi connectivity index (χ0n) is 15.0. The van der Waals surface area contributed by atoms with E-state index in [9.17, 15) is 9.59 Å². The average molecular weight is 344 g/mol. The first kappa shape index (κ1) is 17.8. The number of nitrogens with one attached hydrogen (secondary N) is 2. The molecule has 25 heavy (non-hydrogen) atoms. The van der Waals surface area contributed by atoms with E-state index in [1.165, 1.54) is 19.3 Å². The number of carbonyl (C=O) groups excluding carboxylic acids is 2. The van der Waals surface area contributed by atoms with Crippen molar-refractivity contribution >= 4 is 12.0 Å². The number of rotatable bonds is 6. The molecule has 2 bridgehead atoms. The summed E-state index contributed by atoms with van der Waals surface area (Å²) in [6.45, 7) is 4.27. The molecule has 2 fully saturated rings. The van der Waals surface area contributed by atoms with Crippen LogP contribution in [0.4, 0.5) is 4.79 Å². The van der Waals surface area contributed by atoms with Crippen LogP contribution in [0, 0.1) is 17.8 Å². The van der Waals surface area contributed by atoms with E-state index in [-0.39, 0.29) is 24.0 Å². The number of benzene rings is 1. The third-order valence-electron chi connectivity index (χ3n) is 5.44. The lowest BCUT2D eigenvalue weighted by Gasteiger charge is -2.26. The topological polar surface area (TPSA) is 67.4 Å². The number of hydrogen-bond donors (Lipinski definition) is 2. The van der Waals surface area contributed by atoms with E-state index in [0.29, 0.717) is 12.5 Å². The van der Waals surface area contributed by atoms with Crippen molar-refractivity contribution < 1.29 is 14.3 Å². The van der Waals surface area contributed by atoms with Gasteiger partial charge in [-0.2, -0.15) is 0 Å². The Morgan fingerprint density at radius 3 is 2.52 bits per heavy atom. The highest BCUT2D eigenvalue weighted by Crippen LogP contribution is 2.46. The van der Waals surface area contributed by atoms with Gasteiger partial charge in [-0.25, -0.2) is 9.59 Å². The number of urea groups is 1. The summed E-state index contributed by atoms with van der Waals surface area (Å²) < 4.78 is 5.75. The fourth-order valence-corrected chi connectivity index (χ4v) is 4.02. The zero-order chi connectivity index (χ0) is 17.8. The summed E-state index contributed by atoms with van der Waals surface area (Å²) in [6.07, 6.45) is 4.66. The number of amides is 2. The molecule has 5 heteroatoms. The van der Waals surface area contributed by atoms with E-state index in [1.807, 2.05) is 44.2 Å². The fourth-order valence-electron chi connectivity index (χ4n) is 4.02. The zero-order valence-corrected chi connectivity index (χ0v) is 15.0. The monoisotopic (exact) mass is 344 g/mol. The Morgan fingerprint density at radius 1 is 1.16 bits per heavy atom. The van der Waals surface area contributed by atoms with Gasteiger partial charge in [0.15, 0.2) is 0 Å². The van der Waals surface area contributed by atoms with E-state index in [2.05, 4.69) is 10.6 Å². The highest BCUT2D eigenvalue weighted by atomic mass is 16.5. The number of hydrogen-bond acceptors (Lipinski definition) is 3. The molecule has 2 aliphatic rings. The Balaban J connectivity index is 1.50. The number of carbonyl (C=O) groups is 2. The normalized spacial score (nSPS) is 25.6. The predicted octanol–water partition coefficient (Wildman–Crippen LogP) is 3.24. The van der Waals surface area contributed by atoms with Crippen LogP contribution < -0.4 is 10.6 Å². The van der Waals surface area contributed by atoms with E-state index < -0.39 is 6.04 Å². The third kappa shape index (κ3) is 4.53. The Morgan fingerprint density at radius 2 is 1.92 bits per heavy atom. The highest BCUT2D eigenvalue weighted by Gasteiger charge is 2.42. The van der Waals surface area contributed by atoms with Gasteiger partial charge in [-0.15, -0.1) is 0 Å². The molecular weight excluding hydrogens is 316 g/mol. The summed E-state index contributed by atoms with van der Waals surface area (Å²) in [4.78, 5) is 24.7. The quantitative estimate of drug-likeness (QED) is 0.779. The van der Waals surface area contributed by atoms with Gasteiger partial charge in [0.1, 0.15) is 12.1 Å². The molecule has 2 N–H and O–H groups in total. The summed E-state index contributed by atoms with van der Waals surface area (Å²) in [6, 6.07) is 8.73. The standard InChI is InChI=1S/C20H28N2O3/c1-13(2)18(19(23)25-17-11-15-8-9-16(17)10-15)22-20(24)21-12-14-6-4-3-5-7-14/h3-7,13,15-18H,8-12H2,1-2H3,(H2,21,22,24)/t15-,16-,17+,18+/m0/s1. The molecule has 0 radical (unpaired) electrons.